The number of sulfone groups is 1. The number of anilines is 1. The number of carbonyl (C=O) groups is 1. The van der Waals surface area contributed by atoms with E-state index in [1.54, 1.807) is 25.4 Å². The normalized spacial score (nSPS) is 18.3. The van der Waals surface area contributed by atoms with Crippen molar-refractivity contribution in [1.82, 2.24) is 19.7 Å². The molecule has 0 bridgehead atoms. The molecule has 0 radical (unpaired) electrons. The van der Waals surface area contributed by atoms with Gasteiger partial charge in [0.15, 0.2) is 20.0 Å². The number of aromatic nitrogens is 4. The third kappa shape index (κ3) is 4.73. The molecule has 3 aromatic heterocycles. The summed E-state index contributed by atoms with van der Waals surface area (Å²) in [5.74, 6) is 0.469. The highest BCUT2D eigenvalue weighted by atomic mass is 32.2. The lowest BCUT2D eigenvalue weighted by Gasteiger charge is -2.26. The van der Waals surface area contributed by atoms with Gasteiger partial charge in [-0.3, -0.25) is 9.48 Å². The molecule has 3 aromatic rings. The summed E-state index contributed by atoms with van der Waals surface area (Å²) in [5.41, 5.74) is 0.661. The van der Waals surface area contributed by atoms with Crippen LogP contribution in [-0.2, 0) is 19.4 Å². The van der Waals surface area contributed by atoms with Crippen molar-refractivity contribution in [3.8, 4) is 5.88 Å². The maximum atomic E-state index is 13.4. The number of pyridine rings is 1. The molecule has 1 atom stereocenters. The molecule has 10 nitrogen and oxygen atoms in total. The van der Waals surface area contributed by atoms with E-state index >= 15 is 0 Å². The van der Waals surface area contributed by atoms with E-state index in [-0.39, 0.29) is 22.1 Å². The average molecular weight is 492 g/mol. The largest absolute Gasteiger partial charge is 0.481 e. The number of hydrogen-bond donors (Lipinski definition) is 1. The van der Waals surface area contributed by atoms with Crippen LogP contribution in [0.5, 0.6) is 5.88 Å². The number of hydrogen-bond acceptors (Lipinski definition) is 9. The maximum Gasteiger partial charge on any atom is 0.251 e. The number of nitrogens with one attached hydrogen (secondary N) is 1. The van der Waals surface area contributed by atoms with Crippen molar-refractivity contribution in [3.05, 3.63) is 24.4 Å². The van der Waals surface area contributed by atoms with Gasteiger partial charge in [-0.2, -0.15) is 5.10 Å². The highest BCUT2D eigenvalue weighted by Gasteiger charge is 2.39. The second kappa shape index (κ2) is 8.99. The van der Waals surface area contributed by atoms with Gasteiger partial charge < -0.3 is 14.8 Å². The van der Waals surface area contributed by atoms with Crippen molar-refractivity contribution in [2.45, 2.75) is 48.4 Å². The lowest BCUT2D eigenvalue weighted by molar-refractivity contribution is -0.120. The van der Waals surface area contributed by atoms with Gasteiger partial charge in [0.25, 0.3) is 5.91 Å². The number of carbonyl (C=O) groups excluding carboxylic acids is 1. The summed E-state index contributed by atoms with van der Waals surface area (Å²) in [5, 5.41) is 7.32. The minimum Gasteiger partial charge on any atom is -0.481 e. The summed E-state index contributed by atoms with van der Waals surface area (Å²) in [7, 11) is -1.89. The molecule has 1 saturated carbocycles. The molecular formula is C21H25N5O5S2. The molecule has 2 fully saturated rings. The van der Waals surface area contributed by atoms with Crippen LogP contribution in [0.1, 0.15) is 38.1 Å². The Bertz CT molecular complexity index is 1260. The van der Waals surface area contributed by atoms with Crippen molar-refractivity contribution >= 4 is 42.6 Å². The Balaban J connectivity index is 1.40. The summed E-state index contributed by atoms with van der Waals surface area (Å²) in [6.07, 6.45) is 5.15. The Morgan fingerprint density at radius 1 is 1.24 bits per heavy atom. The maximum absolute atomic E-state index is 13.4. The molecule has 2 aliphatic rings. The molecule has 1 aliphatic carbocycles. The number of rotatable bonds is 8. The van der Waals surface area contributed by atoms with Gasteiger partial charge in [0, 0.05) is 25.5 Å². The third-order valence-corrected chi connectivity index (χ3v) is 9.06. The van der Waals surface area contributed by atoms with Crippen LogP contribution in [0.15, 0.2) is 29.4 Å². The van der Waals surface area contributed by atoms with Crippen LogP contribution >= 0.6 is 11.3 Å². The highest BCUT2D eigenvalue weighted by Crippen LogP contribution is 2.34. The smallest absolute Gasteiger partial charge is 0.251 e. The van der Waals surface area contributed by atoms with Gasteiger partial charge in [0.2, 0.25) is 5.88 Å². The molecule has 12 heteroatoms. The first kappa shape index (κ1) is 22.2. The number of methoxy groups -OCH3 is 1. The first-order valence-electron chi connectivity index (χ1n) is 10.9. The van der Waals surface area contributed by atoms with Gasteiger partial charge in [0.1, 0.15) is 16.4 Å². The van der Waals surface area contributed by atoms with E-state index in [4.69, 9.17) is 9.47 Å². The Kier molecular flexibility index (Phi) is 6.06. The number of nitrogens with zero attached hydrogens (tertiary/aromatic N) is 4. The Labute approximate surface area is 195 Å². The van der Waals surface area contributed by atoms with Crippen LogP contribution in [0.4, 0.5) is 5.13 Å². The average Bonchev–Trinajstić information content (AvgIpc) is 3.44. The van der Waals surface area contributed by atoms with Gasteiger partial charge in [-0.25, -0.2) is 18.4 Å². The zero-order chi connectivity index (χ0) is 23.0. The van der Waals surface area contributed by atoms with Crippen molar-refractivity contribution < 1.29 is 22.7 Å². The highest BCUT2D eigenvalue weighted by molar-refractivity contribution is 7.92. The van der Waals surface area contributed by atoms with E-state index in [1.807, 2.05) is 0 Å². The van der Waals surface area contributed by atoms with Crippen LogP contribution in [-0.4, -0.2) is 59.6 Å². The van der Waals surface area contributed by atoms with E-state index in [1.165, 1.54) is 22.1 Å². The summed E-state index contributed by atoms with van der Waals surface area (Å²) in [4.78, 5) is 22.8. The van der Waals surface area contributed by atoms with Gasteiger partial charge in [-0.1, -0.05) is 11.3 Å². The number of thiazole rings is 1. The zero-order valence-corrected chi connectivity index (χ0v) is 19.8. The fraction of sp³-hybridized carbons (Fsp3) is 0.524. The molecular weight excluding hydrogens is 466 g/mol. The quantitative estimate of drug-likeness (QED) is 0.510. The Hall–Kier alpha value is -2.57. The topological polar surface area (TPSA) is 125 Å². The molecule has 0 unspecified atom stereocenters. The second-order valence-corrected chi connectivity index (χ2v) is 11.5. The van der Waals surface area contributed by atoms with Crippen molar-refractivity contribution in [2.75, 3.05) is 25.6 Å². The van der Waals surface area contributed by atoms with Gasteiger partial charge >= 0.3 is 0 Å². The number of fused-ring (bicyclic) bond motifs is 1. The third-order valence-electron chi connectivity index (χ3n) is 6.03. The molecule has 0 spiro atoms. The number of ether oxygens (including phenoxy) is 2. The van der Waals surface area contributed by atoms with E-state index in [0.29, 0.717) is 53.8 Å². The molecule has 33 heavy (non-hydrogen) atoms. The minimum absolute atomic E-state index is 0.0334. The van der Waals surface area contributed by atoms with Gasteiger partial charge in [-0.15, -0.1) is 0 Å². The minimum atomic E-state index is -3.43. The molecule has 1 N–H and O–H groups in total. The summed E-state index contributed by atoms with van der Waals surface area (Å²) in [6.45, 7) is 1.32. The Morgan fingerprint density at radius 3 is 2.76 bits per heavy atom. The monoisotopic (exact) mass is 491 g/mol. The van der Waals surface area contributed by atoms with E-state index in [2.05, 4.69) is 20.4 Å². The lowest BCUT2D eigenvalue weighted by Crippen LogP contribution is -2.30. The molecule has 1 aliphatic heterocycles. The molecule has 5 rings (SSSR count). The first-order chi connectivity index (χ1) is 15.9. The van der Waals surface area contributed by atoms with Crippen molar-refractivity contribution in [3.63, 3.8) is 0 Å². The molecule has 0 aromatic carbocycles. The standard InChI is InChI=1S/C21H25N5O5S2/c1-30-17-5-4-15-20(23-17)32-21(22-15)24-19(27)16(12-13-7-10-31-11-8-13)26-9-6-18(25-26)33(28,29)14-2-3-14/h4-6,9,13-14,16H,2-3,7-8,10-12H2,1H3,(H,22,24,27)/t16-/m1/s1. The van der Waals surface area contributed by atoms with Crippen LogP contribution < -0.4 is 10.1 Å². The van der Waals surface area contributed by atoms with Gasteiger partial charge in [-0.05, 0) is 50.2 Å². The lowest BCUT2D eigenvalue weighted by atomic mass is 9.92. The molecule has 1 amide bonds. The first-order valence-corrected chi connectivity index (χ1v) is 13.3. The van der Waals surface area contributed by atoms with Crippen LogP contribution in [0.2, 0.25) is 0 Å². The van der Waals surface area contributed by atoms with Crippen LogP contribution in [0, 0.1) is 5.92 Å². The van der Waals surface area contributed by atoms with E-state index in [9.17, 15) is 13.2 Å². The van der Waals surface area contributed by atoms with Crippen LogP contribution in [0.25, 0.3) is 10.3 Å². The fourth-order valence-corrected chi connectivity index (χ4v) is 6.37. The van der Waals surface area contributed by atoms with Crippen molar-refractivity contribution in [1.29, 1.82) is 0 Å². The molecule has 4 heterocycles. The molecule has 1 saturated heterocycles. The Morgan fingerprint density at radius 2 is 2.03 bits per heavy atom. The summed E-state index contributed by atoms with van der Waals surface area (Å²) >= 11 is 1.26. The molecule has 176 valence electrons. The SMILES string of the molecule is COc1ccc2nc(NC(=O)[C@@H](CC3CCOCC3)n3ccc(S(=O)(=O)C4CC4)n3)sc2n1. The predicted octanol–water partition coefficient (Wildman–Crippen LogP) is 2.83. The summed E-state index contributed by atoms with van der Waals surface area (Å²) < 4.78 is 37.3. The predicted molar refractivity (Wildman–Crippen MR) is 122 cm³/mol. The van der Waals surface area contributed by atoms with E-state index in [0.717, 1.165) is 12.8 Å². The second-order valence-electron chi connectivity index (χ2n) is 8.37. The van der Waals surface area contributed by atoms with Gasteiger partial charge in [0.05, 0.1) is 12.4 Å². The fourth-order valence-electron chi connectivity index (χ4n) is 3.98. The summed E-state index contributed by atoms with van der Waals surface area (Å²) in [6, 6.07) is 4.33. The van der Waals surface area contributed by atoms with E-state index < -0.39 is 15.9 Å². The number of amides is 1. The van der Waals surface area contributed by atoms with Crippen molar-refractivity contribution in [2.24, 2.45) is 5.92 Å². The van der Waals surface area contributed by atoms with Crippen LogP contribution in [0.3, 0.4) is 0 Å². The zero-order valence-electron chi connectivity index (χ0n) is 18.1.